The van der Waals surface area contributed by atoms with Crippen LogP contribution in [0.4, 0.5) is 11.5 Å². The van der Waals surface area contributed by atoms with Gasteiger partial charge in [0.05, 0.1) is 72.6 Å². The van der Waals surface area contributed by atoms with Crippen molar-refractivity contribution >= 4 is 22.9 Å². The Hall–Kier alpha value is -4.72. The number of ether oxygens (including phenoxy) is 2. The Morgan fingerprint density at radius 2 is 1.95 bits per heavy atom. The van der Waals surface area contributed by atoms with Crippen LogP contribution in [-0.2, 0) is 4.79 Å². The van der Waals surface area contributed by atoms with Crippen LogP contribution in [0, 0.1) is 22.7 Å². The molecule has 11 nitrogen and oxygen atoms in total. The minimum atomic E-state index is -0.388. The van der Waals surface area contributed by atoms with Gasteiger partial charge in [0.1, 0.15) is 17.6 Å². The number of pyridine rings is 2. The highest BCUT2D eigenvalue weighted by molar-refractivity contribution is 5.96. The molecule has 2 saturated heterocycles. The molecular weight excluding hydrogens is 520 g/mol. The van der Waals surface area contributed by atoms with Crippen molar-refractivity contribution in [2.45, 2.75) is 51.1 Å². The van der Waals surface area contributed by atoms with Crippen LogP contribution in [0.15, 0.2) is 49.2 Å². The molecule has 1 N–H and O–H groups in total. The highest BCUT2D eigenvalue weighted by atomic mass is 16.5. The Morgan fingerprint density at radius 1 is 1.12 bits per heavy atom. The molecule has 11 heteroatoms. The van der Waals surface area contributed by atoms with Crippen LogP contribution in [0.25, 0.3) is 16.8 Å². The molecular formula is C30H30N8O3. The molecule has 208 valence electrons. The maximum absolute atomic E-state index is 13.6. The molecule has 8 rings (SSSR count). The molecule has 0 aromatic carbocycles. The molecule has 4 aromatic rings. The van der Waals surface area contributed by atoms with E-state index in [1.165, 1.54) is 0 Å². The summed E-state index contributed by atoms with van der Waals surface area (Å²) < 4.78 is 12.5. The van der Waals surface area contributed by atoms with E-state index in [0.717, 1.165) is 43.5 Å². The lowest BCUT2D eigenvalue weighted by Crippen LogP contribution is -2.64. The average Bonchev–Trinajstić information content (AvgIpc) is 3.40. The first-order valence-corrected chi connectivity index (χ1v) is 14.0. The van der Waals surface area contributed by atoms with E-state index in [2.05, 4.69) is 26.4 Å². The Bertz CT molecular complexity index is 1640. The lowest BCUT2D eigenvalue weighted by atomic mass is 9.55. The molecule has 2 atom stereocenters. The van der Waals surface area contributed by atoms with Crippen molar-refractivity contribution in [3.05, 3.63) is 54.7 Å². The quantitative estimate of drug-likeness (QED) is 0.359. The molecule has 4 aliphatic rings. The van der Waals surface area contributed by atoms with Crippen molar-refractivity contribution in [3.8, 4) is 29.0 Å². The van der Waals surface area contributed by atoms with E-state index in [1.54, 1.807) is 42.5 Å². The molecule has 41 heavy (non-hydrogen) atoms. The number of nitriles is 1. The van der Waals surface area contributed by atoms with E-state index in [4.69, 9.17) is 19.4 Å². The normalized spacial score (nSPS) is 24.3. The minimum absolute atomic E-state index is 0.0808. The van der Waals surface area contributed by atoms with Gasteiger partial charge in [-0.2, -0.15) is 10.4 Å². The fraction of sp³-hybridized carbons (Fsp3) is 0.400. The number of rotatable bonds is 7. The Kier molecular flexibility index (Phi) is 5.99. The first kappa shape index (κ1) is 25.3. The van der Waals surface area contributed by atoms with Crippen molar-refractivity contribution in [1.82, 2.24) is 24.6 Å². The maximum atomic E-state index is 13.6. The molecule has 6 heterocycles. The predicted molar refractivity (Wildman–Crippen MR) is 151 cm³/mol. The topological polar surface area (TPSA) is 131 Å². The SMILES string of the molecule is CCOc1cc(-c2cnc(N3C4CC5CC3CC(C(=O)Nc3ccc(OC)nc3)(C5)C4)cn2)c2c(C#N)cnn2c1. The second-order valence-electron chi connectivity index (χ2n) is 11.2. The number of methoxy groups -OCH3 is 1. The minimum Gasteiger partial charge on any atom is -0.492 e. The van der Waals surface area contributed by atoms with E-state index in [1.807, 2.05) is 25.3 Å². The van der Waals surface area contributed by atoms with Gasteiger partial charge in [-0.15, -0.1) is 0 Å². The number of carbonyl (C=O) groups is 1. The summed E-state index contributed by atoms with van der Waals surface area (Å²) in [5.74, 6) is 2.59. The molecule has 2 aliphatic heterocycles. The fourth-order valence-corrected chi connectivity index (χ4v) is 7.33. The molecule has 2 saturated carbocycles. The van der Waals surface area contributed by atoms with Crippen molar-refractivity contribution in [2.75, 3.05) is 23.9 Å². The van der Waals surface area contributed by atoms with E-state index < -0.39 is 0 Å². The third-order valence-corrected chi connectivity index (χ3v) is 8.81. The molecule has 2 unspecified atom stereocenters. The fourth-order valence-electron chi connectivity index (χ4n) is 7.33. The number of piperidine rings is 2. The van der Waals surface area contributed by atoms with Gasteiger partial charge in [-0.25, -0.2) is 14.5 Å². The molecule has 2 aliphatic carbocycles. The monoisotopic (exact) mass is 550 g/mol. The summed E-state index contributed by atoms with van der Waals surface area (Å²) in [4.78, 5) is 29.9. The third kappa shape index (κ3) is 4.22. The van der Waals surface area contributed by atoms with Gasteiger partial charge < -0.3 is 19.7 Å². The Labute approximate surface area is 237 Å². The van der Waals surface area contributed by atoms with Gasteiger partial charge in [0, 0.05) is 23.7 Å². The van der Waals surface area contributed by atoms with Crippen LogP contribution in [0.5, 0.6) is 11.6 Å². The van der Waals surface area contributed by atoms with Gasteiger partial charge in [0.15, 0.2) is 0 Å². The van der Waals surface area contributed by atoms with Gasteiger partial charge in [0.2, 0.25) is 11.8 Å². The molecule has 0 radical (unpaired) electrons. The maximum Gasteiger partial charge on any atom is 0.230 e. The molecule has 4 bridgehead atoms. The van der Waals surface area contributed by atoms with E-state index in [0.29, 0.717) is 46.6 Å². The predicted octanol–water partition coefficient (Wildman–Crippen LogP) is 4.24. The van der Waals surface area contributed by atoms with Crippen LogP contribution in [0.2, 0.25) is 0 Å². The van der Waals surface area contributed by atoms with E-state index in [-0.39, 0.29) is 23.4 Å². The van der Waals surface area contributed by atoms with Crippen LogP contribution >= 0.6 is 0 Å². The lowest BCUT2D eigenvalue weighted by molar-refractivity contribution is -0.134. The highest BCUT2D eigenvalue weighted by Gasteiger charge is 2.58. The number of anilines is 2. The molecule has 4 aromatic heterocycles. The average molecular weight is 551 g/mol. The summed E-state index contributed by atoms with van der Waals surface area (Å²) in [6, 6.07) is 8.15. The second-order valence-corrected chi connectivity index (χ2v) is 11.2. The zero-order valence-electron chi connectivity index (χ0n) is 22.9. The van der Waals surface area contributed by atoms with Crippen molar-refractivity contribution in [1.29, 1.82) is 5.26 Å². The van der Waals surface area contributed by atoms with Crippen LogP contribution in [-0.4, -0.2) is 56.3 Å². The number of hydrogen-bond donors (Lipinski definition) is 1. The molecule has 1 amide bonds. The molecule has 4 fully saturated rings. The summed E-state index contributed by atoms with van der Waals surface area (Å²) in [7, 11) is 1.57. The van der Waals surface area contributed by atoms with Gasteiger partial charge in [-0.05, 0) is 57.1 Å². The number of hydrogen-bond acceptors (Lipinski definition) is 9. The van der Waals surface area contributed by atoms with Crippen LogP contribution < -0.4 is 19.7 Å². The summed E-state index contributed by atoms with van der Waals surface area (Å²) in [6.07, 6.45) is 13.1. The van der Waals surface area contributed by atoms with E-state index in [9.17, 15) is 10.1 Å². The number of nitrogens with zero attached hydrogens (tertiary/aromatic N) is 7. The largest absolute Gasteiger partial charge is 0.492 e. The number of fused-ring (bicyclic) bond motifs is 1. The van der Waals surface area contributed by atoms with Gasteiger partial charge in [0.25, 0.3) is 0 Å². The van der Waals surface area contributed by atoms with Crippen molar-refractivity contribution < 1.29 is 14.3 Å². The Morgan fingerprint density at radius 3 is 2.61 bits per heavy atom. The number of nitrogens with one attached hydrogen (secondary N) is 1. The summed E-state index contributed by atoms with van der Waals surface area (Å²) in [5.41, 5.74) is 2.83. The smallest absolute Gasteiger partial charge is 0.230 e. The zero-order valence-corrected chi connectivity index (χ0v) is 22.9. The van der Waals surface area contributed by atoms with Crippen molar-refractivity contribution in [2.24, 2.45) is 11.3 Å². The second kappa shape index (κ2) is 9.73. The van der Waals surface area contributed by atoms with Gasteiger partial charge >= 0.3 is 0 Å². The first-order chi connectivity index (χ1) is 20.0. The number of aromatic nitrogens is 5. The molecule has 0 spiro atoms. The standard InChI is InChI=1S/C30H30N8O3/c1-3-41-23-8-24(28-19(12-31)13-35-37(28)17-23)25-15-33-26(16-32-25)38-21-6-18-7-22(38)11-30(9-18,10-21)29(39)36-20-4-5-27(40-2)34-14-20/h4-5,8,13-18,21-22H,3,6-7,9-11H2,1-2H3,(H,36,39). The van der Waals surface area contributed by atoms with Crippen LogP contribution in [0.3, 0.4) is 0 Å². The lowest BCUT2D eigenvalue weighted by Gasteiger charge is -2.61. The zero-order chi connectivity index (χ0) is 28.1. The van der Waals surface area contributed by atoms with Gasteiger partial charge in [-0.3, -0.25) is 9.78 Å². The first-order valence-electron chi connectivity index (χ1n) is 14.0. The van der Waals surface area contributed by atoms with Gasteiger partial charge in [-0.1, -0.05) is 0 Å². The third-order valence-electron chi connectivity index (χ3n) is 8.81. The van der Waals surface area contributed by atoms with E-state index >= 15 is 0 Å². The van der Waals surface area contributed by atoms with Crippen molar-refractivity contribution in [3.63, 3.8) is 0 Å². The number of carbonyl (C=O) groups excluding carboxylic acids is 1. The number of amides is 1. The summed E-state index contributed by atoms with van der Waals surface area (Å²) in [6.45, 7) is 2.43. The summed E-state index contributed by atoms with van der Waals surface area (Å²) >= 11 is 0. The highest BCUT2D eigenvalue weighted by Crippen LogP contribution is 2.57. The summed E-state index contributed by atoms with van der Waals surface area (Å²) in [5, 5.41) is 17.1. The van der Waals surface area contributed by atoms with Crippen LogP contribution in [0.1, 0.15) is 44.6 Å². The Balaban J connectivity index is 1.15.